The third-order valence-corrected chi connectivity index (χ3v) is 8.15. The Balaban J connectivity index is 2.53. The molecule has 1 saturated heterocycles. The second-order valence-electron chi connectivity index (χ2n) is 2.42. The monoisotopic (exact) mass is 276 g/mol. The van der Waals surface area contributed by atoms with E-state index in [0.717, 1.165) is 21.7 Å². The van der Waals surface area contributed by atoms with Crippen LogP contribution in [0.5, 0.6) is 0 Å². The maximum absolute atomic E-state index is 4.72. The SMILES string of the molecule is SCC(CS)C1(S)SCSCS1. The van der Waals surface area contributed by atoms with Crippen LogP contribution in [0, 0.1) is 5.92 Å². The Morgan fingerprint density at radius 3 is 2.08 bits per heavy atom. The zero-order valence-electron chi connectivity index (χ0n) is 6.47. The molecule has 1 fully saturated rings. The molecule has 0 aromatic rings. The molecule has 6 heteroatoms. The largest absolute Gasteiger partial charge is 0.179 e. The van der Waals surface area contributed by atoms with Gasteiger partial charge in [-0.1, -0.05) is 0 Å². The summed E-state index contributed by atoms with van der Waals surface area (Å²) in [6.07, 6.45) is 0. The highest BCUT2D eigenvalue weighted by Gasteiger charge is 2.36. The lowest BCUT2D eigenvalue weighted by Gasteiger charge is -2.36. The second-order valence-corrected chi connectivity index (χ2v) is 8.88. The number of thioether (sulfide) groups is 3. The zero-order valence-corrected chi connectivity index (χ0v) is 11.6. The van der Waals surface area contributed by atoms with Gasteiger partial charge in [0.25, 0.3) is 0 Å². The quantitative estimate of drug-likeness (QED) is 0.678. The average molecular weight is 277 g/mol. The van der Waals surface area contributed by atoms with E-state index in [1.165, 1.54) is 0 Å². The minimum atomic E-state index is 0.0503. The summed E-state index contributed by atoms with van der Waals surface area (Å²) in [6.45, 7) is 0. The van der Waals surface area contributed by atoms with Crippen molar-refractivity contribution < 1.29 is 0 Å². The van der Waals surface area contributed by atoms with Crippen LogP contribution in [-0.4, -0.2) is 25.1 Å². The minimum absolute atomic E-state index is 0.0503. The molecule has 0 aromatic heterocycles. The van der Waals surface area contributed by atoms with Crippen molar-refractivity contribution in [3.05, 3.63) is 0 Å². The Labute approximate surface area is 103 Å². The third-order valence-electron chi connectivity index (χ3n) is 1.65. The lowest BCUT2D eigenvalue weighted by Crippen LogP contribution is -2.30. The summed E-state index contributed by atoms with van der Waals surface area (Å²) in [7, 11) is 0. The molecule has 72 valence electrons. The summed E-state index contributed by atoms with van der Waals surface area (Å²) in [5, 5.41) is 2.29. The highest BCUT2D eigenvalue weighted by molar-refractivity contribution is 8.39. The van der Waals surface area contributed by atoms with Gasteiger partial charge >= 0.3 is 0 Å². The summed E-state index contributed by atoms with van der Waals surface area (Å²) in [6, 6.07) is 0. The average Bonchev–Trinajstić information content (AvgIpc) is 2.07. The van der Waals surface area contributed by atoms with Crippen LogP contribution in [0.3, 0.4) is 0 Å². The Bertz CT molecular complexity index is 128. The summed E-state index contributed by atoms with van der Waals surface area (Å²) in [5.74, 6) is 2.23. The summed E-state index contributed by atoms with van der Waals surface area (Å²) in [4.78, 5) is 0. The first-order chi connectivity index (χ1) is 5.73. The number of hydrogen-bond donors (Lipinski definition) is 3. The van der Waals surface area contributed by atoms with Gasteiger partial charge in [-0.3, -0.25) is 0 Å². The lowest BCUT2D eigenvalue weighted by molar-refractivity contribution is 0.725. The van der Waals surface area contributed by atoms with Crippen molar-refractivity contribution in [1.29, 1.82) is 0 Å². The fourth-order valence-electron chi connectivity index (χ4n) is 0.852. The van der Waals surface area contributed by atoms with Crippen molar-refractivity contribution in [1.82, 2.24) is 0 Å². The standard InChI is InChI=1S/C6H12S6/c7-1-5(2-8)6(9)11-3-10-4-12-6/h5,7-9H,1-4H2. The smallest absolute Gasteiger partial charge is 0.110 e. The Kier molecular flexibility index (Phi) is 5.94. The first kappa shape index (κ1) is 12.2. The van der Waals surface area contributed by atoms with Gasteiger partial charge in [0, 0.05) is 16.1 Å². The van der Waals surface area contributed by atoms with Gasteiger partial charge in [0.05, 0.1) is 0 Å². The Morgan fingerprint density at radius 1 is 1.17 bits per heavy atom. The highest BCUT2D eigenvalue weighted by Crippen LogP contribution is 2.53. The van der Waals surface area contributed by atoms with E-state index < -0.39 is 0 Å². The molecular formula is C6H12S6. The molecule has 1 heterocycles. The van der Waals surface area contributed by atoms with Crippen LogP contribution >= 0.6 is 73.2 Å². The predicted molar refractivity (Wildman–Crippen MR) is 75.4 cm³/mol. The third kappa shape index (κ3) is 3.05. The molecule has 1 aliphatic rings. The van der Waals surface area contributed by atoms with E-state index in [1.807, 2.05) is 35.3 Å². The van der Waals surface area contributed by atoms with E-state index >= 15 is 0 Å². The number of rotatable bonds is 3. The second kappa shape index (κ2) is 5.85. The van der Waals surface area contributed by atoms with Crippen molar-refractivity contribution in [3.8, 4) is 0 Å². The molecule has 0 nitrogen and oxygen atoms in total. The molecule has 1 rings (SSSR count). The van der Waals surface area contributed by atoms with E-state index in [9.17, 15) is 0 Å². The van der Waals surface area contributed by atoms with Gasteiger partial charge in [0.1, 0.15) is 3.41 Å². The fourth-order valence-corrected chi connectivity index (χ4v) is 8.68. The van der Waals surface area contributed by atoms with Crippen LogP contribution in [-0.2, 0) is 0 Å². The van der Waals surface area contributed by atoms with E-state index in [0.29, 0.717) is 5.92 Å². The van der Waals surface area contributed by atoms with Gasteiger partial charge in [-0.2, -0.15) is 37.9 Å². The highest BCUT2D eigenvalue weighted by atomic mass is 32.3. The fraction of sp³-hybridized carbons (Fsp3) is 1.00. The molecule has 0 atom stereocenters. The maximum atomic E-state index is 4.72. The molecule has 0 aromatic carbocycles. The van der Waals surface area contributed by atoms with Gasteiger partial charge < -0.3 is 0 Å². The van der Waals surface area contributed by atoms with Crippen LogP contribution in [0.1, 0.15) is 0 Å². The molecular weight excluding hydrogens is 264 g/mol. The van der Waals surface area contributed by atoms with Crippen molar-refractivity contribution in [2.75, 3.05) is 21.7 Å². The van der Waals surface area contributed by atoms with E-state index in [4.69, 9.17) is 12.6 Å². The van der Waals surface area contributed by atoms with Crippen LogP contribution in [0.4, 0.5) is 0 Å². The lowest BCUT2D eigenvalue weighted by atomic mass is 10.2. The molecule has 0 radical (unpaired) electrons. The summed E-state index contributed by atoms with van der Waals surface area (Å²) < 4.78 is 0.0503. The van der Waals surface area contributed by atoms with Crippen molar-refractivity contribution in [2.45, 2.75) is 3.41 Å². The van der Waals surface area contributed by atoms with Crippen LogP contribution in [0.15, 0.2) is 0 Å². The van der Waals surface area contributed by atoms with Crippen molar-refractivity contribution >= 4 is 73.2 Å². The van der Waals surface area contributed by atoms with E-state index in [1.54, 1.807) is 0 Å². The first-order valence-electron chi connectivity index (χ1n) is 3.52. The molecule has 0 N–H and O–H groups in total. The molecule has 0 unspecified atom stereocenters. The number of hydrogen-bond acceptors (Lipinski definition) is 6. The van der Waals surface area contributed by atoms with Crippen LogP contribution < -0.4 is 0 Å². The zero-order chi connectivity index (χ0) is 9.03. The van der Waals surface area contributed by atoms with Crippen LogP contribution in [0.2, 0.25) is 0 Å². The van der Waals surface area contributed by atoms with Crippen molar-refractivity contribution in [2.24, 2.45) is 5.92 Å². The molecule has 0 aliphatic carbocycles. The van der Waals surface area contributed by atoms with Crippen LogP contribution in [0.25, 0.3) is 0 Å². The molecule has 0 spiro atoms. The summed E-state index contributed by atoms with van der Waals surface area (Å²) in [5.41, 5.74) is 0. The maximum Gasteiger partial charge on any atom is 0.110 e. The first-order valence-corrected chi connectivity index (χ1v) is 8.36. The molecule has 0 amide bonds. The van der Waals surface area contributed by atoms with Gasteiger partial charge in [-0.25, -0.2) is 0 Å². The molecule has 0 bridgehead atoms. The van der Waals surface area contributed by atoms with Gasteiger partial charge in [-0.05, 0) is 11.5 Å². The van der Waals surface area contributed by atoms with Gasteiger partial charge in [-0.15, -0.1) is 35.3 Å². The minimum Gasteiger partial charge on any atom is -0.179 e. The molecule has 12 heavy (non-hydrogen) atoms. The predicted octanol–water partition coefficient (Wildman–Crippen LogP) is 3.17. The summed E-state index contributed by atoms with van der Waals surface area (Å²) >= 11 is 19.2. The normalized spacial score (nSPS) is 23.0. The Hall–Kier alpha value is 2.10. The Morgan fingerprint density at radius 2 is 1.67 bits per heavy atom. The van der Waals surface area contributed by atoms with Crippen molar-refractivity contribution in [3.63, 3.8) is 0 Å². The molecule has 1 aliphatic heterocycles. The molecule has 0 saturated carbocycles. The topological polar surface area (TPSA) is 0 Å². The van der Waals surface area contributed by atoms with E-state index in [-0.39, 0.29) is 3.41 Å². The number of thiol groups is 3. The van der Waals surface area contributed by atoms with E-state index in [2.05, 4.69) is 25.3 Å². The van der Waals surface area contributed by atoms with Gasteiger partial charge in [0.2, 0.25) is 0 Å². The van der Waals surface area contributed by atoms with Gasteiger partial charge in [0.15, 0.2) is 0 Å².